The van der Waals surface area contributed by atoms with Crippen LogP contribution in [0, 0.1) is 5.92 Å². The topological polar surface area (TPSA) is 88.5 Å². The summed E-state index contributed by atoms with van der Waals surface area (Å²) in [5.41, 5.74) is 1.58. The molecule has 0 aliphatic carbocycles. The van der Waals surface area contributed by atoms with E-state index >= 15 is 4.11 Å². The van der Waals surface area contributed by atoms with Gasteiger partial charge in [0, 0.05) is 29.3 Å². The van der Waals surface area contributed by atoms with Crippen molar-refractivity contribution in [3.8, 4) is 11.5 Å². The lowest BCUT2D eigenvalue weighted by Gasteiger charge is -2.31. The largest absolute Gasteiger partial charge is 0.497 e. The molecule has 1 saturated heterocycles. The molecule has 4 atom stereocenters. The molecule has 220 valence electrons. The Balaban J connectivity index is 1.40. The summed E-state index contributed by atoms with van der Waals surface area (Å²) in [4.78, 5) is 30.8. The van der Waals surface area contributed by atoms with Crippen molar-refractivity contribution in [2.75, 3.05) is 30.1 Å². The van der Waals surface area contributed by atoms with Gasteiger partial charge in [-0.3, -0.25) is 14.5 Å². The zero-order valence-corrected chi connectivity index (χ0v) is 25.2. The smallest absolute Gasteiger partial charge is 0.269 e. The van der Waals surface area contributed by atoms with E-state index in [-0.39, 0.29) is 38.0 Å². The number of nitrogens with zero attached hydrogens (tertiary/aromatic N) is 2. The molecule has 3 aliphatic rings. The van der Waals surface area contributed by atoms with Crippen molar-refractivity contribution in [1.29, 1.82) is 0 Å². The normalized spacial score (nSPS) is 25.0. The van der Waals surface area contributed by atoms with Gasteiger partial charge < -0.3 is 28.3 Å². The molecule has 3 aromatic carbocycles. The molecule has 0 radical (unpaired) electrons. The number of fused-ring (bicyclic) bond motifs is 3. The van der Waals surface area contributed by atoms with Gasteiger partial charge in [0.05, 0.1) is 31.1 Å². The Morgan fingerprint density at radius 2 is 1.86 bits per heavy atom. The minimum Gasteiger partial charge on any atom is -0.497 e. The molecule has 0 unspecified atom stereocenters. The third-order valence-electron chi connectivity index (χ3n) is 8.80. The van der Waals surface area contributed by atoms with E-state index in [0.29, 0.717) is 34.1 Å². The molecule has 10 heteroatoms. The van der Waals surface area contributed by atoms with Crippen LogP contribution in [0.4, 0.5) is 21.2 Å². The number of benzene rings is 3. The third kappa shape index (κ3) is 4.40. The van der Waals surface area contributed by atoms with Crippen LogP contribution >= 0.6 is 0 Å². The summed E-state index contributed by atoms with van der Waals surface area (Å²) in [6, 6.07) is 20.4. The van der Waals surface area contributed by atoms with Crippen molar-refractivity contribution in [3.63, 3.8) is 0 Å². The number of amides is 2. The molecule has 42 heavy (non-hydrogen) atoms. The highest BCUT2D eigenvalue weighted by molar-refractivity contribution is 6.72. The first-order valence-corrected chi connectivity index (χ1v) is 17.2. The van der Waals surface area contributed by atoms with Crippen molar-refractivity contribution in [2.45, 2.75) is 50.2 Å². The van der Waals surface area contributed by atoms with Gasteiger partial charge in [0.25, 0.3) is 11.8 Å². The van der Waals surface area contributed by atoms with Gasteiger partial charge in [0.15, 0.2) is 12.2 Å². The maximum Gasteiger partial charge on any atom is 0.269 e. The van der Waals surface area contributed by atoms with Gasteiger partial charge in [-0.25, -0.2) is 0 Å². The zero-order chi connectivity index (χ0) is 29.8. The Hall–Kier alpha value is -3.73. The maximum atomic E-state index is 15.8. The number of aliphatic hydroxyl groups excluding tert-OH is 1. The lowest BCUT2D eigenvalue weighted by atomic mass is 9.82. The summed E-state index contributed by atoms with van der Waals surface area (Å²) in [5.74, 6) is 0.286. The highest BCUT2D eigenvalue weighted by atomic mass is 28.4. The van der Waals surface area contributed by atoms with Gasteiger partial charge in [-0.2, -0.15) is 0 Å². The fourth-order valence-corrected chi connectivity index (χ4v) is 9.61. The van der Waals surface area contributed by atoms with E-state index < -0.39 is 31.6 Å². The molecule has 1 N–H and O–H groups in total. The van der Waals surface area contributed by atoms with E-state index in [0.717, 1.165) is 5.56 Å². The summed E-state index contributed by atoms with van der Waals surface area (Å²) >= 11 is 0. The minimum absolute atomic E-state index is 0.0663. The summed E-state index contributed by atoms with van der Waals surface area (Å²) in [6.45, 7) is 5.16. The SMILES string of the molecule is COc1ccc2c(c1)[C@]1(O[C@@H](CCO)[C@H]([Si](C)(C)F)[C@H]1C)C(=O)N2Cc1cccc(N2C(=O)COc3ccccc32)c1. The number of methoxy groups -OCH3 is 1. The molecule has 3 aromatic rings. The fourth-order valence-electron chi connectivity index (χ4n) is 7.07. The quantitative estimate of drug-likeness (QED) is 0.291. The number of anilines is 3. The van der Waals surface area contributed by atoms with Gasteiger partial charge in [0.1, 0.15) is 11.5 Å². The first-order valence-electron chi connectivity index (χ1n) is 14.2. The Morgan fingerprint density at radius 1 is 1.07 bits per heavy atom. The summed E-state index contributed by atoms with van der Waals surface area (Å²) < 4.78 is 33.5. The van der Waals surface area contributed by atoms with Crippen molar-refractivity contribution in [2.24, 2.45) is 5.92 Å². The first-order chi connectivity index (χ1) is 20.1. The van der Waals surface area contributed by atoms with Gasteiger partial charge in [-0.15, -0.1) is 0 Å². The summed E-state index contributed by atoms with van der Waals surface area (Å²) in [5, 5.41) is 9.79. The van der Waals surface area contributed by atoms with Crippen LogP contribution in [0.2, 0.25) is 18.6 Å². The predicted molar refractivity (Wildman–Crippen MR) is 159 cm³/mol. The molecule has 1 spiro atoms. The molecule has 1 fully saturated rings. The van der Waals surface area contributed by atoms with Crippen molar-refractivity contribution < 1.29 is 33.0 Å². The van der Waals surface area contributed by atoms with E-state index in [4.69, 9.17) is 14.2 Å². The minimum atomic E-state index is -3.30. The molecule has 0 saturated carbocycles. The van der Waals surface area contributed by atoms with Crippen LogP contribution in [-0.4, -0.2) is 51.8 Å². The number of halogens is 1. The average Bonchev–Trinajstić information content (AvgIpc) is 3.39. The lowest BCUT2D eigenvalue weighted by molar-refractivity contribution is -0.146. The Labute approximate surface area is 245 Å². The molecule has 6 rings (SSSR count). The van der Waals surface area contributed by atoms with Crippen LogP contribution in [0.15, 0.2) is 66.7 Å². The Bertz CT molecular complexity index is 1540. The highest BCUT2D eigenvalue weighted by Crippen LogP contribution is 2.60. The number of carbonyl (C=O) groups is 2. The first kappa shape index (κ1) is 28.4. The molecular formula is C32H35FN2O6Si. The van der Waals surface area contributed by atoms with Crippen LogP contribution in [0.3, 0.4) is 0 Å². The molecule has 0 bridgehead atoms. The predicted octanol–water partition coefficient (Wildman–Crippen LogP) is 5.46. The standard InChI is InChI=1S/C32H35FN2O6Si/c1-20-30(42(3,4)33)28(14-15-36)41-32(20)24-17-23(39-2)12-13-25(24)34(31(32)38)18-21-8-7-9-22(16-21)35-26-10-5-6-11-27(26)40-19-29(35)37/h5-13,16-17,20,28,30,36H,14-15,18-19H2,1-4H3/t20-,28+,30-,32+/m1/s1. The Morgan fingerprint density at radius 3 is 2.60 bits per heavy atom. The van der Waals surface area contributed by atoms with E-state index in [2.05, 4.69) is 0 Å². The summed E-state index contributed by atoms with van der Waals surface area (Å²) in [7, 11) is -1.74. The number of para-hydroxylation sites is 2. The molecule has 3 heterocycles. The monoisotopic (exact) mass is 590 g/mol. The maximum absolute atomic E-state index is 15.8. The van der Waals surface area contributed by atoms with Crippen molar-refractivity contribution in [1.82, 2.24) is 0 Å². The van der Waals surface area contributed by atoms with Gasteiger partial charge in [-0.1, -0.05) is 31.2 Å². The number of ether oxygens (including phenoxy) is 3. The second-order valence-electron chi connectivity index (χ2n) is 11.7. The molecular weight excluding hydrogens is 555 g/mol. The number of hydrogen-bond acceptors (Lipinski definition) is 6. The number of aliphatic hydroxyl groups is 1. The van der Waals surface area contributed by atoms with Gasteiger partial charge in [-0.05, 0) is 67.5 Å². The van der Waals surface area contributed by atoms with E-state index in [1.54, 1.807) is 36.1 Å². The number of hydrogen-bond donors (Lipinski definition) is 1. The lowest BCUT2D eigenvalue weighted by Crippen LogP contribution is -2.45. The molecule has 0 aromatic heterocycles. The molecule has 2 amide bonds. The molecule has 3 aliphatic heterocycles. The van der Waals surface area contributed by atoms with Crippen LogP contribution in [-0.2, 0) is 26.5 Å². The highest BCUT2D eigenvalue weighted by Gasteiger charge is 2.66. The van der Waals surface area contributed by atoms with E-state index in [1.165, 1.54) is 0 Å². The van der Waals surface area contributed by atoms with Crippen LogP contribution < -0.4 is 19.3 Å². The van der Waals surface area contributed by atoms with Gasteiger partial charge >= 0.3 is 0 Å². The average molecular weight is 591 g/mol. The zero-order valence-electron chi connectivity index (χ0n) is 24.2. The second-order valence-corrected chi connectivity index (χ2v) is 15.5. The van der Waals surface area contributed by atoms with Gasteiger partial charge in [0.2, 0.25) is 8.41 Å². The number of carbonyl (C=O) groups excluding carboxylic acids is 2. The third-order valence-corrected chi connectivity index (χ3v) is 11.3. The van der Waals surface area contributed by atoms with Crippen LogP contribution in [0.5, 0.6) is 11.5 Å². The van der Waals surface area contributed by atoms with Crippen LogP contribution in [0.1, 0.15) is 24.5 Å². The molecule has 8 nitrogen and oxygen atoms in total. The van der Waals surface area contributed by atoms with E-state index in [9.17, 15) is 14.7 Å². The van der Waals surface area contributed by atoms with E-state index in [1.807, 2.05) is 67.6 Å². The summed E-state index contributed by atoms with van der Waals surface area (Å²) in [6.07, 6.45) is -0.337. The van der Waals surface area contributed by atoms with Crippen molar-refractivity contribution in [3.05, 3.63) is 77.9 Å². The van der Waals surface area contributed by atoms with Crippen LogP contribution in [0.25, 0.3) is 0 Å². The fraction of sp³-hybridized carbons (Fsp3) is 0.375. The second kappa shape index (κ2) is 10.5. The Kier molecular flexibility index (Phi) is 7.11. The van der Waals surface area contributed by atoms with Crippen molar-refractivity contribution >= 4 is 37.3 Å². The number of rotatable bonds is 7.